The van der Waals surface area contributed by atoms with Gasteiger partial charge in [-0.15, -0.1) is 0 Å². The minimum Gasteiger partial charge on any atom is -0.390 e. The molecule has 2 aromatic rings. The summed E-state index contributed by atoms with van der Waals surface area (Å²) < 4.78 is 0. The molecule has 0 spiro atoms. The van der Waals surface area contributed by atoms with Crippen molar-refractivity contribution in [3.8, 4) is 0 Å². The molecule has 0 fully saturated rings. The molecular weight excluding hydrogens is 234 g/mol. The van der Waals surface area contributed by atoms with Gasteiger partial charge in [-0.3, -0.25) is 0 Å². The van der Waals surface area contributed by atoms with Gasteiger partial charge in [-0.05, 0) is 24.5 Å². The Kier molecular flexibility index (Phi) is 4.73. The van der Waals surface area contributed by atoms with Crippen molar-refractivity contribution in [3.63, 3.8) is 0 Å². The van der Waals surface area contributed by atoms with Crippen molar-refractivity contribution in [2.45, 2.75) is 26.9 Å². The molecule has 97 valence electrons. The van der Waals surface area contributed by atoms with E-state index in [2.05, 4.69) is 43.4 Å². The highest BCUT2D eigenvalue weighted by Crippen LogP contribution is 2.08. The Balaban J connectivity index is 1.91. The summed E-state index contributed by atoms with van der Waals surface area (Å²) >= 11 is 0. The van der Waals surface area contributed by atoms with Gasteiger partial charge in [-0.2, -0.15) is 0 Å². The van der Waals surface area contributed by atoms with E-state index in [0.29, 0.717) is 6.61 Å². The van der Waals surface area contributed by atoms with Gasteiger partial charge in [0.2, 0.25) is 0 Å². The zero-order chi connectivity index (χ0) is 13.5. The topological polar surface area (TPSA) is 21.6 Å². The minimum atomic E-state index is 0.474. The molecule has 2 rings (SSSR count). The highest BCUT2D eigenvalue weighted by molar-refractivity contribution is 5.81. The predicted octanol–water partition coefficient (Wildman–Crippen LogP) is 3.99. The van der Waals surface area contributed by atoms with E-state index in [9.17, 15) is 0 Å². The molecule has 0 aromatic heterocycles. The SMILES string of the molecule is CCc1ccccc1/[C]=N\OCc1ccc(C)cc1. The summed E-state index contributed by atoms with van der Waals surface area (Å²) in [6.07, 6.45) is 3.92. The third-order valence-electron chi connectivity index (χ3n) is 2.98. The molecule has 0 amide bonds. The lowest BCUT2D eigenvalue weighted by atomic mass is 10.1. The van der Waals surface area contributed by atoms with Crippen LogP contribution in [0.5, 0.6) is 0 Å². The van der Waals surface area contributed by atoms with Crippen LogP contribution in [-0.4, -0.2) is 6.21 Å². The van der Waals surface area contributed by atoms with Gasteiger partial charge in [-0.1, -0.05) is 66.2 Å². The van der Waals surface area contributed by atoms with Gasteiger partial charge in [0.15, 0.2) is 0 Å². The molecule has 19 heavy (non-hydrogen) atoms. The van der Waals surface area contributed by atoms with Gasteiger partial charge in [0, 0.05) is 5.56 Å². The first-order chi connectivity index (χ1) is 9.29. The molecule has 0 saturated heterocycles. The first-order valence-corrected chi connectivity index (χ1v) is 6.51. The minimum absolute atomic E-state index is 0.474. The first kappa shape index (κ1) is 13.3. The van der Waals surface area contributed by atoms with Crippen molar-refractivity contribution in [3.05, 3.63) is 70.8 Å². The molecule has 0 saturated carbocycles. The standard InChI is InChI=1S/C17H18NO/c1-3-16-6-4-5-7-17(16)12-18-19-13-15-10-8-14(2)9-11-15/h4-11H,3,13H2,1-2H3. The lowest BCUT2D eigenvalue weighted by Gasteiger charge is -2.02. The third-order valence-corrected chi connectivity index (χ3v) is 2.98. The maximum Gasteiger partial charge on any atom is 0.142 e. The molecule has 0 bridgehead atoms. The Morgan fingerprint density at radius 1 is 1.05 bits per heavy atom. The van der Waals surface area contributed by atoms with Gasteiger partial charge in [0.25, 0.3) is 0 Å². The Labute approximate surface area is 114 Å². The van der Waals surface area contributed by atoms with Crippen LogP contribution in [0.4, 0.5) is 0 Å². The van der Waals surface area contributed by atoms with Crippen LogP contribution in [-0.2, 0) is 17.9 Å². The summed E-state index contributed by atoms with van der Waals surface area (Å²) in [5.74, 6) is 0. The van der Waals surface area contributed by atoms with E-state index in [4.69, 9.17) is 4.84 Å². The van der Waals surface area contributed by atoms with Crippen molar-refractivity contribution in [2.24, 2.45) is 5.16 Å². The Morgan fingerprint density at radius 2 is 1.79 bits per heavy atom. The summed E-state index contributed by atoms with van der Waals surface area (Å²) in [7, 11) is 0. The number of rotatable bonds is 5. The summed E-state index contributed by atoms with van der Waals surface area (Å²) in [6.45, 7) is 4.66. The molecule has 0 N–H and O–H groups in total. The van der Waals surface area contributed by atoms with Crippen LogP contribution in [0.25, 0.3) is 0 Å². The van der Waals surface area contributed by atoms with E-state index in [1.54, 1.807) is 0 Å². The Bertz CT molecular complexity index is 543. The van der Waals surface area contributed by atoms with Crippen LogP contribution >= 0.6 is 0 Å². The molecule has 2 heteroatoms. The highest BCUT2D eigenvalue weighted by atomic mass is 16.6. The molecular formula is C17H18NO. The largest absolute Gasteiger partial charge is 0.390 e. The van der Waals surface area contributed by atoms with Crippen molar-refractivity contribution < 1.29 is 4.84 Å². The third kappa shape index (κ3) is 3.95. The second kappa shape index (κ2) is 6.74. The molecule has 1 radical (unpaired) electrons. The molecule has 0 aliphatic rings. The van der Waals surface area contributed by atoms with Crippen LogP contribution in [0, 0.1) is 6.92 Å². The smallest absolute Gasteiger partial charge is 0.142 e. The number of aryl methyl sites for hydroxylation is 2. The fourth-order valence-corrected chi connectivity index (χ4v) is 1.81. The molecule has 0 aliphatic heterocycles. The number of benzene rings is 2. The molecule has 2 nitrogen and oxygen atoms in total. The highest BCUT2D eigenvalue weighted by Gasteiger charge is 1.97. The van der Waals surface area contributed by atoms with E-state index >= 15 is 0 Å². The second-order valence-electron chi connectivity index (χ2n) is 4.47. The summed E-state index contributed by atoms with van der Waals surface area (Å²) in [5, 5.41) is 3.92. The summed E-state index contributed by atoms with van der Waals surface area (Å²) in [4.78, 5) is 5.28. The predicted molar refractivity (Wildman–Crippen MR) is 78.3 cm³/mol. The normalized spacial score (nSPS) is 10.8. The number of hydrogen-bond acceptors (Lipinski definition) is 2. The quantitative estimate of drug-likeness (QED) is 0.582. The van der Waals surface area contributed by atoms with E-state index < -0.39 is 0 Å². The average Bonchev–Trinajstić information content (AvgIpc) is 2.46. The van der Waals surface area contributed by atoms with Crippen molar-refractivity contribution in [2.75, 3.05) is 0 Å². The lowest BCUT2D eigenvalue weighted by Crippen LogP contribution is -1.92. The molecule has 0 unspecified atom stereocenters. The summed E-state index contributed by atoms with van der Waals surface area (Å²) in [6, 6.07) is 16.3. The van der Waals surface area contributed by atoms with Crippen LogP contribution < -0.4 is 0 Å². The zero-order valence-electron chi connectivity index (χ0n) is 11.4. The van der Waals surface area contributed by atoms with Crippen LogP contribution in [0.2, 0.25) is 0 Å². The fraction of sp³-hybridized carbons (Fsp3) is 0.235. The van der Waals surface area contributed by atoms with Gasteiger partial charge in [0.05, 0.1) is 0 Å². The van der Waals surface area contributed by atoms with Crippen LogP contribution in [0.1, 0.15) is 29.2 Å². The molecule has 0 heterocycles. The van der Waals surface area contributed by atoms with Gasteiger partial charge in [-0.25, -0.2) is 0 Å². The average molecular weight is 252 g/mol. The van der Waals surface area contributed by atoms with Gasteiger partial charge >= 0.3 is 0 Å². The monoisotopic (exact) mass is 252 g/mol. The second-order valence-corrected chi connectivity index (χ2v) is 4.47. The maximum atomic E-state index is 5.28. The van der Waals surface area contributed by atoms with Crippen molar-refractivity contribution in [1.29, 1.82) is 0 Å². The van der Waals surface area contributed by atoms with E-state index in [1.165, 1.54) is 11.1 Å². The summed E-state index contributed by atoms with van der Waals surface area (Å²) in [5.41, 5.74) is 4.58. The number of hydrogen-bond donors (Lipinski definition) is 0. The lowest BCUT2D eigenvalue weighted by molar-refractivity contribution is 0.132. The zero-order valence-corrected chi connectivity index (χ0v) is 11.4. The van der Waals surface area contributed by atoms with Crippen LogP contribution in [0.15, 0.2) is 53.7 Å². The van der Waals surface area contributed by atoms with E-state index in [-0.39, 0.29) is 0 Å². The van der Waals surface area contributed by atoms with Crippen molar-refractivity contribution in [1.82, 2.24) is 0 Å². The van der Waals surface area contributed by atoms with Crippen LogP contribution in [0.3, 0.4) is 0 Å². The fourth-order valence-electron chi connectivity index (χ4n) is 1.81. The first-order valence-electron chi connectivity index (χ1n) is 6.51. The van der Waals surface area contributed by atoms with Crippen molar-refractivity contribution >= 4 is 6.21 Å². The maximum absolute atomic E-state index is 5.28. The number of nitrogens with zero attached hydrogens (tertiary/aromatic N) is 1. The van der Waals surface area contributed by atoms with E-state index in [1.807, 2.05) is 30.3 Å². The Hall–Kier alpha value is -2.09. The molecule has 2 aromatic carbocycles. The molecule has 0 atom stereocenters. The Morgan fingerprint density at radius 3 is 2.53 bits per heavy atom. The molecule has 0 aliphatic carbocycles. The van der Waals surface area contributed by atoms with Gasteiger partial charge in [0.1, 0.15) is 12.8 Å². The van der Waals surface area contributed by atoms with E-state index in [0.717, 1.165) is 17.5 Å². The van der Waals surface area contributed by atoms with Gasteiger partial charge < -0.3 is 4.84 Å².